The molecular weight excluding hydrogens is 270 g/mol. The maximum Gasteiger partial charge on any atom is 0.292 e. The van der Waals surface area contributed by atoms with E-state index < -0.39 is 0 Å². The van der Waals surface area contributed by atoms with Crippen molar-refractivity contribution in [3.63, 3.8) is 0 Å². The molecule has 1 aromatic carbocycles. The van der Waals surface area contributed by atoms with Crippen LogP contribution in [0.1, 0.15) is 31.2 Å². The van der Waals surface area contributed by atoms with E-state index in [0.29, 0.717) is 12.2 Å². The maximum atomic E-state index is 11.1. The third-order valence-electron chi connectivity index (χ3n) is 4.22. The summed E-state index contributed by atoms with van der Waals surface area (Å²) in [4.78, 5) is 12.8. The molecule has 6 heteroatoms. The number of hydrogen-bond donors (Lipinski definition) is 2. The standard InChI is InChI=1S/C15H23N3O3/c1-16-12-8-7-11(9-14(12)18(20)21)10-17(2)13-5-3-4-6-15(13)19/h7-9,13,15-16,19H,3-6,10H2,1-2H3. The van der Waals surface area contributed by atoms with Crippen LogP contribution in [0.2, 0.25) is 0 Å². The molecule has 116 valence electrons. The highest BCUT2D eigenvalue weighted by Crippen LogP contribution is 2.27. The Morgan fingerprint density at radius 1 is 1.43 bits per heavy atom. The number of aliphatic hydroxyl groups is 1. The van der Waals surface area contributed by atoms with Crippen molar-refractivity contribution in [1.82, 2.24) is 4.90 Å². The molecule has 2 atom stereocenters. The Morgan fingerprint density at radius 3 is 2.76 bits per heavy atom. The normalized spacial score (nSPS) is 22.3. The average Bonchev–Trinajstić information content (AvgIpc) is 2.47. The third-order valence-corrected chi connectivity index (χ3v) is 4.22. The minimum atomic E-state index is -0.370. The van der Waals surface area contributed by atoms with Crippen molar-refractivity contribution in [3.8, 4) is 0 Å². The topological polar surface area (TPSA) is 78.6 Å². The lowest BCUT2D eigenvalue weighted by molar-refractivity contribution is -0.384. The molecule has 1 aromatic rings. The molecule has 0 aliphatic heterocycles. The Morgan fingerprint density at radius 2 is 2.14 bits per heavy atom. The summed E-state index contributed by atoms with van der Waals surface area (Å²) in [5.41, 5.74) is 1.50. The predicted octanol–water partition coefficient (Wildman–Crippen LogP) is 2.37. The summed E-state index contributed by atoms with van der Waals surface area (Å²) >= 11 is 0. The van der Waals surface area contributed by atoms with E-state index in [2.05, 4.69) is 10.2 Å². The number of nitro groups is 1. The van der Waals surface area contributed by atoms with Crippen LogP contribution in [-0.2, 0) is 6.54 Å². The minimum absolute atomic E-state index is 0.0904. The summed E-state index contributed by atoms with van der Waals surface area (Å²) in [6.07, 6.45) is 3.73. The SMILES string of the molecule is CNc1ccc(CN(C)C2CCCCC2O)cc1[N+](=O)[O-]. The molecule has 1 aliphatic rings. The van der Waals surface area contributed by atoms with Crippen LogP contribution in [0.4, 0.5) is 11.4 Å². The number of nitrogens with zero attached hydrogens (tertiary/aromatic N) is 2. The van der Waals surface area contributed by atoms with Crippen molar-refractivity contribution >= 4 is 11.4 Å². The highest BCUT2D eigenvalue weighted by molar-refractivity contribution is 5.62. The Hall–Kier alpha value is -1.66. The first kappa shape index (κ1) is 15.7. The number of benzene rings is 1. The Balaban J connectivity index is 2.11. The lowest BCUT2D eigenvalue weighted by Gasteiger charge is -2.35. The van der Waals surface area contributed by atoms with Crippen molar-refractivity contribution < 1.29 is 10.0 Å². The molecule has 0 heterocycles. The van der Waals surface area contributed by atoms with Gasteiger partial charge in [-0.2, -0.15) is 0 Å². The number of hydrogen-bond acceptors (Lipinski definition) is 5. The van der Waals surface area contributed by atoms with Gasteiger partial charge < -0.3 is 10.4 Å². The van der Waals surface area contributed by atoms with Crippen LogP contribution in [0.25, 0.3) is 0 Å². The van der Waals surface area contributed by atoms with E-state index in [1.54, 1.807) is 19.2 Å². The van der Waals surface area contributed by atoms with Crippen LogP contribution in [0, 0.1) is 10.1 Å². The lowest BCUT2D eigenvalue weighted by atomic mass is 9.91. The van der Waals surface area contributed by atoms with E-state index in [1.807, 2.05) is 13.1 Å². The van der Waals surface area contributed by atoms with Crippen molar-refractivity contribution in [2.24, 2.45) is 0 Å². The second kappa shape index (κ2) is 6.87. The van der Waals surface area contributed by atoms with Crippen LogP contribution >= 0.6 is 0 Å². The van der Waals surface area contributed by atoms with Gasteiger partial charge in [0.1, 0.15) is 5.69 Å². The van der Waals surface area contributed by atoms with Crippen molar-refractivity contribution in [2.45, 2.75) is 44.4 Å². The first-order chi connectivity index (χ1) is 10.0. The van der Waals surface area contributed by atoms with E-state index in [-0.39, 0.29) is 22.8 Å². The van der Waals surface area contributed by atoms with E-state index in [0.717, 1.165) is 31.2 Å². The molecule has 1 aliphatic carbocycles. The number of nitro benzene ring substituents is 1. The molecule has 0 amide bonds. The van der Waals surface area contributed by atoms with Crippen molar-refractivity contribution in [1.29, 1.82) is 0 Å². The van der Waals surface area contributed by atoms with E-state index in [4.69, 9.17) is 0 Å². The third kappa shape index (κ3) is 3.71. The molecule has 2 unspecified atom stereocenters. The number of rotatable bonds is 5. The zero-order valence-corrected chi connectivity index (χ0v) is 12.6. The van der Waals surface area contributed by atoms with Crippen LogP contribution in [-0.4, -0.2) is 41.2 Å². The Bertz CT molecular complexity index is 507. The molecular formula is C15H23N3O3. The summed E-state index contributed by atoms with van der Waals surface area (Å²) in [6, 6.07) is 5.38. The molecule has 2 rings (SSSR count). The van der Waals surface area contributed by atoms with Gasteiger partial charge in [-0.15, -0.1) is 0 Å². The molecule has 1 saturated carbocycles. The zero-order valence-electron chi connectivity index (χ0n) is 12.6. The highest BCUT2D eigenvalue weighted by Gasteiger charge is 2.26. The second-order valence-electron chi connectivity index (χ2n) is 5.69. The van der Waals surface area contributed by atoms with Crippen LogP contribution in [0.5, 0.6) is 0 Å². The van der Waals surface area contributed by atoms with Crippen LogP contribution in [0.15, 0.2) is 18.2 Å². The second-order valence-corrected chi connectivity index (χ2v) is 5.69. The molecule has 1 fully saturated rings. The van der Waals surface area contributed by atoms with Gasteiger partial charge in [0, 0.05) is 25.7 Å². The lowest BCUT2D eigenvalue weighted by Crippen LogP contribution is -2.42. The molecule has 0 bridgehead atoms. The number of aliphatic hydroxyl groups excluding tert-OH is 1. The summed E-state index contributed by atoms with van der Waals surface area (Å²) in [5.74, 6) is 0. The van der Waals surface area contributed by atoms with Gasteiger partial charge in [-0.05, 0) is 31.5 Å². The van der Waals surface area contributed by atoms with Gasteiger partial charge in [0.05, 0.1) is 11.0 Å². The van der Waals surface area contributed by atoms with Gasteiger partial charge in [-0.1, -0.05) is 18.9 Å². The summed E-state index contributed by atoms with van der Waals surface area (Å²) < 4.78 is 0. The Labute approximate surface area is 124 Å². The average molecular weight is 293 g/mol. The first-order valence-electron chi connectivity index (χ1n) is 7.36. The number of anilines is 1. The molecule has 0 saturated heterocycles. The molecule has 21 heavy (non-hydrogen) atoms. The summed E-state index contributed by atoms with van der Waals surface area (Å²) in [6.45, 7) is 0.604. The number of nitrogens with one attached hydrogen (secondary N) is 1. The van der Waals surface area contributed by atoms with Gasteiger partial charge in [-0.3, -0.25) is 15.0 Å². The van der Waals surface area contributed by atoms with E-state index >= 15 is 0 Å². The van der Waals surface area contributed by atoms with Gasteiger partial charge in [-0.25, -0.2) is 0 Å². The minimum Gasteiger partial charge on any atom is -0.391 e. The van der Waals surface area contributed by atoms with Crippen molar-refractivity contribution in [2.75, 3.05) is 19.4 Å². The smallest absolute Gasteiger partial charge is 0.292 e. The van der Waals surface area contributed by atoms with E-state index in [1.165, 1.54) is 0 Å². The van der Waals surface area contributed by atoms with Gasteiger partial charge in [0.2, 0.25) is 0 Å². The largest absolute Gasteiger partial charge is 0.391 e. The monoisotopic (exact) mass is 293 g/mol. The number of likely N-dealkylation sites (N-methyl/N-ethyl adjacent to an activating group) is 1. The van der Waals surface area contributed by atoms with Gasteiger partial charge in [0.15, 0.2) is 0 Å². The van der Waals surface area contributed by atoms with Crippen LogP contribution in [0.3, 0.4) is 0 Å². The zero-order chi connectivity index (χ0) is 15.4. The fraction of sp³-hybridized carbons (Fsp3) is 0.600. The van der Waals surface area contributed by atoms with Crippen LogP contribution < -0.4 is 5.32 Å². The highest BCUT2D eigenvalue weighted by atomic mass is 16.6. The molecule has 2 N–H and O–H groups in total. The molecule has 0 spiro atoms. The fourth-order valence-electron chi connectivity index (χ4n) is 3.05. The van der Waals surface area contributed by atoms with E-state index in [9.17, 15) is 15.2 Å². The molecule has 6 nitrogen and oxygen atoms in total. The fourth-order valence-corrected chi connectivity index (χ4v) is 3.05. The predicted molar refractivity (Wildman–Crippen MR) is 82.4 cm³/mol. The summed E-state index contributed by atoms with van der Waals surface area (Å²) in [5, 5.41) is 24.0. The van der Waals surface area contributed by atoms with Gasteiger partial charge >= 0.3 is 0 Å². The van der Waals surface area contributed by atoms with Gasteiger partial charge in [0.25, 0.3) is 5.69 Å². The first-order valence-corrected chi connectivity index (χ1v) is 7.36. The summed E-state index contributed by atoms with van der Waals surface area (Å²) in [7, 11) is 3.64. The molecule has 0 radical (unpaired) electrons. The molecule has 0 aromatic heterocycles. The quantitative estimate of drug-likeness (QED) is 0.643. The Kier molecular flexibility index (Phi) is 5.14. The maximum absolute atomic E-state index is 11.1. The van der Waals surface area contributed by atoms with Crippen molar-refractivity contribution in [3.05, 3.63) is 33.9 Å².